The number of hydrogen-bond acceptors (Lipinski definition) is 8. The van der Waals surface area contributed by atoms with Gasteiger partial charge in [-0.25, -0.2) is 9.37 Å². The van der Waals surface area contributed by atoms with E-state index in [4.69, 9.17) is 4.74 Å². The van der Waals surface area contributed by atoms with E-state index in [1.165, 1.54) is 12.1 Å². The first kappa shape index (κ1) is 28.7. The molecule has 39 heavy (non-hydrogen) atoms. The third-order valence-electron chi connectivity index (χ3n) is 7.60. The SMILES string of the molecule is CN1C(C)(C)CC(Nc2nc(Nc3ccc(OCCN4CCCC4=O)c(OC(F)F)c3)ncc2F)CC1(C)C. The Labute approximate surface area is 227 Å². The van der Waals surface area contributed by atoms with E-state index < -0.39 is 12.4 Å². The summed E-state index contributed by atoms with van der Waals surface area (Å²) in [6.07, 6.45) is 3.96. The number of likely N-dealkylation sites (tertiary alicyclic amines) is 2. The van der Waals surface area contributed by atoms with Crippen LogP contribution in [0.5, 0.6) is 11.5 Å². The Morgan fingerprint density at radius 2 is 1.87 bits per heavy atom. The van der Waals surface area contributed by atoms with Crippen LogP contribution >= 0.6 is 0 Å². The van der Waals surface area contributed by atoms with Gasteiger partial charge in [-0.05, 0) is 66.1 Å². The number of aromatic nitrogens is 2. The normalized spacial score (nSPS) is 19.4. The summed E-state index contributed by atoms with van der Waals surface area (Å²) in [7, 11) is 2.10. The van der Waals surface area contributed by atoms with Crippen molar-refractivity contribution >= 4 is 23.4 Å². The Morgan fingerprint density at radius 3 is 2.51 bits per heavy atom. The average Bonchev–Trinajstić information content (AvgIpc) is 3.25. The molecule has 12 heteroatoms. The molecule has 0 aliphatic carbocycles. The average molecular weight is 551 g/mol. The van der Waals surface area contributed by atoms with Gasteiger partial charge in [-0.15, -0.1) is 0 Å². The lowest BCUT2D eigenvalue weighted by Gasteiger charge is -2.53. The molecule has 0 bridgehead atoms. The molecule has 3 heterocycles. The van der Waals surface area contributed by atoms with Crippen molar-refractivity contribution in [3.05, 3.63) is 30.2 Å². The fraction of sp³-hybridized carbons (Fsp3) is 0.593. The number of hydrogen-bond donors (Lipinski definition) is 2. The molecule has 4 rings (SSSR count). The number of anilines is 3. The van der Waals surface area contributed by atoms with Gasteiger partial charge in [0.15, 0.2) is 23.1 Å². The molecule has 0 saturated carbocycles. The van der Waals surface area contributed by atoms with E-state index in [0.717, 1.165) is 25.5 Å². The Kier molecular flexibility index (Phi) is 8.43. The molecule has 2 saturated heterocycles. The molecule has 2 aliphatic rings. The van der Waals surface area contributed by atoms with Gasteiger partial charge in [-0.3, -0.25) is 9.69 Å². The van der Waals surface area contributed by atoms with Crippen molar-refractivity contribution in [2.45, 2.75) is 77.1 Å². The van der Waals surface area contributed by atoms with Crippen molar-refractivity contribution in [2.24, 2.45) is 0 Å². The Bertz CT molecular complexity index is 1160. The maximum absolute atomic E-state index is 14.7. The van der Waals surface area contributed by atoms with Crippen LogP contribution in [-0.2, 0) is 4.79 Å². The third-order valence-corrected chi connectivity index (χ3v) is 7.60. The van der Waals surface area contributed by atoms with Crippen LogP contribution in [0.3, 0.4) is 0 Å². The maximum atomic E-state index is 14.7. The number of alkyl halides is 2. The lowest BCUT2D eigenvalue weighted by molar-refractivity contribution is -0.128. The van der Waals surface area contributed by atoms with E-state index in [-0.39, 0.29) is 52.9 Å². The number of rotatable bonds is 10. The molecule has 2 aliphatic heterocycles. The number of carbonyl (C=O) groups is 1. The number of ether oxygens (including phenoxy) is 2. The highest BCUT2D eigenvalue weighted by atomic mass is 19.3. The van der Waals surface area contributed by atoms with E-state index in [1.54, 1.807) is 11.0 Å². The lowest BCUT2D eigenvalue weighted by Crippen LogP contribution is -2.61. The van der Waals surface area contributed by atoms with Crippen molar-refractivity contribution in [3.8, 4) is 11.5 Å². The molecule has 9 nitrogen and oxygen atoms in total. The first-order chi connectivity index (χ1) is 18.3. The number of halogens is 3. The molecule has 0 radical (unpaired) electrons. The molecule has 0 atom stereocenters. The third kappa shape index (κ3) is 7.03. The number of carbonyl (C=O) groups excluding carboxylic acids is 1. The summed E-state index contributed by atoms with van der Waals surface area (Å²) >= 11 is 0. The van der Waals surface area contributed by atoms with Crippen LogP contribution < -0.4 is 20.1 Å². The second-order valence-corrected chi connectivity index (χ2v) is 11.3. The molecule has 0 spiro atoms. The van der Waals surface area contributed by atoms with Crippen LogP contribution in [0.15, 0.2) is 24.4 Å². The number of amides is 1. The summed E-state index contributed by atoms with van der Waals surface area (Å²) in [5.74, 6) is -0.444. The molecule has 1 aromatic heterocycles. The van der Waals surface area contributed by atoms with Gasteiger partial charge >= 0.3 is 6.61 Å². The van der Waals surface area contributed by atoms with Gasteiger partial charge < -0.3 is 25.0 Å². The number of benzene rings is 1. The smallest absolute Gasteiger partial charge is 0.387 e. The van der Waals surface area contributed by atoms with Crippen LogP contribution in [-0.4, -0.2) is 76.2 Å². The lowest BCUT2D eigenvalue weighted by atomic mass is 9.77. The number of piperidine rings is 1. The van der Waals surface area contributed by atoms with Crippen LogP contribution in [0.2, 0.25) is 0 Å². The minimum absolute atomic E-state index is 0.0122. The number of nitrogens with one attached hydrogen (secondary N) is 2. The molecule has 2 fully saturated rings. The standard InChI is InChI=1S/C27H37F3N6O3/c1-26(2)14-18(15-27(3,4)35(26)5)32-23-19(28)16-31-25(34-23)33-17-8-9-20(21(13-17)39-24(29)30)38-12-11-36-10-6-7-22(36)37/h8-9,13,16,18,24H,6-7,10-12,14-15H2,1-5H3,(H2,31,32,33,34). The summed E-state index contributed by atoms with van der Waals surface area (Å²) < 4.78 is 51.2. The quantitative estimate of drug-likeness (QED) is 0.426. The van der Waals surface area contributed by atoms with Gasteiger partial charge in [0.05, 0.1) is 12.7 Å². The van der Waals surface area contributed by atoms with Crippen LogP contribution in [0.1, 0.15) is 53.4 Å². The minimum atomic E-state index is -3.07. The largest absolute Gasteiger partial charge is 0.488 e. The molecule has 0 unspecified atom stereocenters. The predicted octanol–water partition coefficient (Wildman–Crippen LogP) is 5.03. The summed E-state index contributed by atoms with van der Waals surface area (Å²) in [4.78, 5) is 24.1. The first-order valence-electron chi connectivity index (χ1n) is 13.1. The molecule has 2 N–H and O–H groups in total. The van der Waals surface area contributed by atoms with E-state index in [1.807, 2.05) is 0 Å². The van der Waals surface area contributed by atoms with Crippen molar-refractivity contribution in [1.82, 2.24) is 19.8 Å². The van der Waals surface area contributed by atoms with Crippen molar-refractivity contribution in [1.29, 1.82) is 0 Å². The predicted molar refractivity (Wildman–Crippen MR) is 142 cm³/mol. The van der Waals surface area contributed by atoms with Gasteiger partial charge in [0.25, 0.3) is 0 Å². The zero-order valence-electron chi connectivity index (χ0n) is 23.1. The van der Waals surface area contributed by atoms with Crippen molar-refractivity contribution < 1.29 is 27.4 Å². The fourth-order valence-electron chi connectivity index (χ4n) is 5.42. The monoisotopic (exact) mass is 550 g/mol. The van der Waals surface area contributed by atoms with E-state index in [9.17, 15) is 18.0 Å². The summed E-state index contributed by atoms with van der Waals surface area (Å²) in [6, 6.07) is 4.40. The van der Waals surface area contributed by atoms with E-state index in [2.05, 4.69) is 65.0 Å². The van der Waals surface area contributed by atoms with Crippen LogP contribution in [0, 0.1) is 5.82 Å². The van der Waals surface area contributed by atoms with Gasteiger partial charge in [0.2, 0.25) is 11.9 Å². The molecule has 1 aromatic carbocycles. The summed E-state index contributed by atoms with van der Waals surface area (Å²) in [5.41, 5.74) is 0.157. The minimum Gasteiger partial charge on any atom is -0.488 e. The van der Waals surface area contributed by atoms with E-state index in [0.29, 0.717) is 25.2 Å². The van der Waals surface area contributed by atoms with Gasteiger partial charge in [-0.2, -0.15) is 13.8 Å². The molecule has 214 valence electrons. The highest BCUT2D eigenvalue weighted by Crippen LogP contribution is 2.38. The fourth-order valence-corrected chi connectivity index (χ4v) is 5.42. The van der Waals surface area contributed by atoms with Gasteiger partial charge in [0, 0.05) is 41.8 Å². The maximum Gasteiger partial charge on any atom is 0.387 e. The zero-order chi connectivity index (χ0) is 28.4. The second kappa shape index (κ2) is 11.4. The molecule has 2 aromatic rings. The Hall–Kier alpha value is -3.28. The highest BCUT2D eigenvalue weighted by Gasteiger charge is 2.43. The Balaban J connectivity index is 1.45. The summed E-state index contributed by atoms with van der Waals surface area (Å²) in [5, 5.41) is 6.16. The van der Waals surface area contributed by atoms with Crippen molar-refractivity contribution in [2.75, 3.05) is 37.4 Å². The molecular weight excluding hydrogens is 513 g/mol. The van der Waals surface area contributed by atoms with Crippen LogP contribution in [0.25, 0.3) is 0 Å². The van der Waals surface area contributed by atoms with Crippen molar-refractivity contribution in [3.63, 3.8) is 0 Å². The van der Waals surface area contributed by atoms with E-state index >= 15 is 0 Å². The summed E-state index contributed by atoms with van der Waals surface area (Å²) in [6.45, 7) is 6.72. The molecule has 1 amide bonds. The Morgan fingerprint density at radius 1 is 1.15 bits per heavy atom. The first-order valence-corrected chi connectivity index (χ1v) is 13.1. The van der Waals surface area contributed by atoms with Gasteiger partial charge in [0.1, 0.15) is 6.61 Å². The second-order valence-electron chi connectivity index (χ2n) is 11.3. The van der Waals surface area contributed by atoms with Gasteiger partial charge in [-0.1, -0.05) is 0 Å². The number of nitrogens with zero attached hydrogens (tertiary/aromatic N) is 4. The van der Waals surface area contributed by atoms with Crippen LogP contribution in [0.4, 0.5) is 30.6 Å². The topological polar surface area (TPSA) is 91.9 Å². The zero-order valence-corrected chi connectivity index (χ0v) is 23.1. The highest BCUT2D eigenvalue weighted by molar-refractivity contribution is 5.78. The molecular formula is C27H37F3N6O3.